The Labute approximate surface area is 178 Å². The molecule has 2 aliphatic rings. The molecule has 2 fully saturated rings. The number of halogens is 6. The Morgan fingerprint density at radius 2 is 1.45 bits per heavy atom. The zero-order valence-corrected chi connectivity index (χ0v) is 17.3. The molecule has 0 radical (unpaired) electrons. The molecule has 1 aromatic rings. The van der Waals surface area contributed by atoms with Crippen LogP contribution in [0.4, 0.5) is 26.3 Å². The van der Waals surface area contributed by atoms with Crippen LogP contribution in [0.15, 0.2) is 24.3 Å². The van der Waals surface area contributed by atoms with E-state index in [9.17, 15) is 26.3 Å². The Balaban J connectivity index is 1.44. The molecular formula is C22H28F6O3. The molecule has 3 rings (SSSR count). The first-order valence-corrected chi connectivity index (χ1v) is 10.6. The summed E-state index contributed by atoms with van der Waals surface area (Å²) in [4.78, 5) is 0. The first-order chi connectivity index (χ1) is 14.6. The van der Waals surface area contributed by atoms with Crippen molar-refractivity contribution in [2.45, 2.75) is 70.2 Å². The third-order valence-corrected chi connectivity index (χ3v) is 6.14. The average Bonchev–Trinajstić information content (AvgIpc) is 2.73. The van der Waals surface area contributed by atoms with Crippen LogP contribution < -0.4 is 4.74 Å². The smallest absolute Gasteiger partial charge is 0.454 e. The minimum atomic E-state index is -6.04. The Kier molecular flexibility index (Phi) is 7.78. The summed E-state index contributed by atoms with van der Waals surface area (Å²) in [5.41, 5.74) is 0.546. The second kappa shape index (κ2) is 9.98. The van der Waals surface area contributed by atoms with Crippen LogP contribution in [0, 0.1) is 17.8 Å². The number of ether oxygens (including phenoxy) is 3. The Bertz CT molecular complexity index is 677. The summed E-state index contributed by atoms with van der Waals surface area (Å²) in [6, 6.07) is 5.00. The van der Waals surface area contributed by atoms with Crippen molar-refractivity contribution in [1.29, 1.82) is 0 Å². The molecule has 0 spiro atoms. The lowest BCUT2D eigenvalue weighted by atomic mass is 9.80. The van der Waals surface area contributed by atoms with Crippen molar-refractivity contribution in [3.05, 3.63) is 29.8 Å². The zero-order valence-electron chi connectivity index (χ0n) is 17.3. The molecule has 1 saturated heterocycles. The summed E-state index contributed by atoms with van der Waals surface area (Å²) >= 11 is 0. The predicted octanol–water partition coefficient (Wildman–Crippen LogP) is 6.83. The van der Waals surface area contributed by atoms with Crippen molar-refractivity contribution in [2.75, 3.05) is 13.2 Å². The molecule has 1 unspecified atom stereocenters. The molecule has 31 heavy (non-hydrogen) atoms. The van der Waals surface area contributed by atoms with E-state index < -0.39 is 30.5 Å². The molecule has 1 atom stereocenters. The van der Waals surface area contributed by atoms with Gasteiger partial charge >= 0.3 is 18.5 Å². The van der Waals surface area contributed by atoms with Crippen LogP contribution in [0.3, 0.4) is 0 Å². The number of rotatable bonds is 7. The van der Waals surface area contributed by atoms with Gasteiger partial charge in [-0.25, -0.2) is 0 Å². The van der Waals surface area contributed by atoms with Crippen molar-refractivity contribution >= 4 is 0 Å². The molecule has 1 saturated carbocycles. The predicted molar refractivity (Wildman–Crippen MR) is 101 cm³/mol. The fraction of sp³-hybridized carbons (Fsp3) is 0.727. The fourth-order valence-electron chi connectivity index (χ4n) is 4.02. The van der Waals surface area contributed by atoms with Crippen LogP contribution in [0.25, 0.3) is 0 Å². The van der Waals surface area contributed by atoms with E-state index in [1.807, 2.05) is 0 Å². The third-order valence-electron chi connectivity index (χ3n) is 6.14. The van der Waals surface area contributed by atoms with Crippen molar-refractivity contribution in [2.24, 2.45) is 17.8 Å². The highest BCUT2D eigenvalue weighted by molar-refractivity contribution is 5.28. The lowest BCUT2D eigenvalue weighted by Gasteiger charge is -2.32. The van der Waals surface area contributed by atoms with E-state index in [2.05, 4.69) is 11.7 Å². The quantitative estimate of drug-likeness (QED) is 0.423. The van der Waals surface area contributed by atoms with E-state index in [1.165, 1.54) is 37.8 Å². The SMILES string of the molecule is CC1CCC(CCC2COC(c3ccc(OC(F)C(F)(F)C(F)(F)F)cc3)OC2)CC1. The first kappa shape index (κ1) is 24.2. The molecule has 0 N–H and O–H groups in total. The Morgan fingerprint density at radius 3 is 2.00 bits per heavy atom. The highest BCUT2D eigenvalue weighted by atomic mass is 19.4. The maximum absolute atomic E-state index is 13.3. The van der Waals surface area contributed by atoms with E-state index in [0.717, 1.165) is 36.8 Å². The molecule has 1 aromatic carbocycles. The van der Waals surface area contributed by atoms with Crippen molar-refractivity contribution < 1.29 is 40.6 Å². The largest absolute Gasteiger partial charge is 0.460 e. The van der Waals surface area contributed by atoms with E-state index in [0.29, 0.717) is 24.7 Å². The molecule has 0 aromatic heterocycles. The van der Waals surface area contributed by atoms with E-state index in [-0.39, 0.29) is 0 Å². The van der Waals surface area contributed by atoms with Gasteiger partial charge < -0.3 is 14.2 Å². The van der Waals surface area contributed by atoms with Crippen LogP contribution in [0.1, 0.15) is 57.3 Å². The average molecular weight is 454 g/mol. The number of alkyl halides is 6. The van der Waals surface area contributed by atoms with E-state index >= 15 is 0 Å². The van der Waals surface area contributed by atoms with Gasteiger partial charge in [0.05, 0.1) is 13.2 Å². The Hall–Kier alpha value is -1.48. The van der Waals surface area contributed by atoms with Gasteiger partial charge in [-0.1, -0.05) is 51.2 Å². The molecule has 9 heteroatoms. The molecule has 1 aliphatic carbocycles. The molecule has 0 bridgehead atoms. The maximum Gasteiger partial charge on any atom is 0.460 e. The summed E-state index contributed by atoms with van der Waals surface area (Å²) in [7, 11) is 0. The van der Waals surface area contributed by atoms with Crippen LogP contribution in [-0.2, 0) is 9.47 Å². The van der Waals surface area contributed by atoms with Gasteiger partial charge in [-0.3, -0.25) is 0 Å². The minimum absolute atomic E-state index is 0.301. The van der Waals surface area contributed by atoms with Gasteiger partial charge in [0.2, 0.25) is 0 Å². The molecular weight excluding hydrogens is 426 g/mol. The molecule has 1 heterocycles. The number of benzene rings is 1. The Morgan fingerprint density at radius 1 is 0.903 bits per heavy atom. The number of hydrogen-bond acceptors (Lipinski definition) is 3. The van der Waals surface area contributed by atoms with Gasteiger partial charge in [0.15, 0.2) is 6.29 Å². The van der Waals surface area contributed by atoms with Crippen molar-refractivity contribution in [3.63, 3.8) is 0 Å². The molecule has 176 valence electrons. The van der Waals surface area contributed by atoms with E-state index in [1.54, 1.807) is 0 Å². The topological polar surface area (TPSA) is 27.7 Å². The second-order valence-electron chi connectivity index (χ2n) is 8.69. The van der Waals surface area contributed by atoms with Crippen LogP contribution >= 0.6 is 0 Å². The van der Waals surface area contributed by atoms with Gasteiger partial charge in [-0.15, -0.1) is 0 Å². The van der Waals surface area contributed by atoms with Gasteiger partial charge in [-0.05, 0) is 30.4 Å². The zero-order chi connectivity index (χ0) is 22.6. The molecule has 1 aliphatic heterocycles. The van der Waals surface area contributed by atoms with Gasteiger partial charge in [0.25, 0.3) is 0 Å². The van der Waals surface area contributed by atoms with Gasteiger partial charge in [0.1, 0.15) is 5.75 Å². The highest BCUT2D eigenvalue weighted by Crippen LogP contribution is 2.40. The summed E-state index contributed by atoms with van der Waals surface area (Å²) in [6.07, 6.45) is -3.21. The number of hydrogen-bond donors (Lipinski definition) is 0. The highest BCUT2D eigenvalue weighted by Gasteiger charge is 2.65. The van der Waals surface area contributed by atoms with Gasteiger partial charge in [0, 0.05) is 11.5 Å². The lowest BCUT2D eigenvalue weighted by Crippen LogP contribution is -2.47. The normalized spacial score (nSPS) is 28.9. The van der Waals surface area contributed by atoms with Crippen LogP contribution in [0.5, 0.6) is 5.75 Å². The summed E-state index contributed by atoms with van der Waals surface area (Å²) in [5.74, 6) is -4.16. The van der Waals surface area contributed by atoms with Crippen LogP contribution in [0.2, 0.25) is 0 Å². The van der Waals surface area contributed by atoms with Gasteiger partial charge in [-0.2, -0.15) is 26.3 Å². The van der Waals surface area contributed by atoms with Crippen LogP contribution in [-0.4, -0.2) is 31.7 Å². The lowest BCUT2D eigenvalue weighted by molar-refractivity contribution is -0.328. The fourth-order valence-corrected chi connectivity index (χ4v) is 4.02. The molecule has 0 amide bonds. The summed E-state index contributed by atoms with van der Waals surface area (Å²) < 4.78 is 91.5. The third kappa shape index (κ3) is 6.28. The monoisotopic (exact) mass is 454 g/mol. The second-order valence-corrected chi connectivity index (χ2v) is 8.69. The van der Waals surface area contributed by atoms with E-state index in [4.69, 9.17) is 9.47 Å². The summed E-state index contributed by atoms with van der Waals surface area (Å²) in [6.45, 7) is 3.35. The van der Waals surface area contributed by atoms with Crippen molar-refractivity contribution in [1.82, 2.24) is 0 Å². The van der Waals surface area contributed by atoms with Crippen molar-refractivity contribution in [3.8, 4) is 5.75 Å². The molecule has 3 nitrogen and oxygen atoms in total. The summed E-state index contributed by atoms with van der Waals surface area (Å²) in [5, 5.41) is 0. The first-order valence-electron chi connectivity index (χ1n) is 10.6. The standard InChI is InChI=1S/C22H28F6O3/c1-14-2-4-15(5-3-14)6-7-16-12-29-19(30-13-16)17-8-10-18(11-9-17)31-20(23)21(24,25)22(26,27)28/h8-11,14-16,19-20H,2-7,12-13H2,1H3. The maximum atomic E-state index is 13.3. The minimum Gasteiger partial charge on any atom is -0.454 e.